The van der Waals surface area contributed by atoms with Gasteiger partial charge in [0, 0.05) is 12.3 Å². The zero-order valence-corrected chi connectivity index (χ0v) is 14.4. The Morgan fingerprint density at radius 1 is 1.58 bits per heavy atom. The molecule has 6 heteroatoms. The molecule has 0 aromatic rings. The summed E-state index contributed by atoms with van der Waals surface area (Å²) < 4.78 is 10.9. The maximum atomic E-state index is 12.5. The van der Waals surface area contributed by atoms with E-state index in [2.05, 4.69) is 17.5 Å². The lowest BCUT2D eigenvalue weighted by atomic mass is 9.65. The van der Waals surface area contributed by atoms with Crippen LogP contribution in [0.2, 0.25) is 0 Å². The van der Waals surface area contributed by atoms with Gasteiger partial charge in [-0.05, 0) is 32.6 Å². The summed E-state index contributed by atoms with van der Waals surface area (Å²) in [5.74, 6) is -0.773. The van der Waals surface area contributed by atoms with Crippen molar-refractivity contribution in [3.05, 3.63) is 12.2 Å². The normalized spacial score (nSPS) is 38.9. The molecule has 5 atom stereocenters. The van der Waals surface area contributed by atoms with Gasteiger partial charge in [-0.25, -0.2) is 0 Å². The van der Waals surface area contributed by atoms with Crippen molar-refractivity contribution < 1.29 is 24.2 Å². The van der Waals surface area contributed by atoms with Crippen LogP contribution in [0.4, 0.5) is 0 Å². The molecule has 0 aromatic heterocycles. The number of hydrogen-bond acceptors (Lipinski definition) is 5. The van der Waals surface area contributed by atoms with Crippen molar-refractivity contribution in [2.24, 2.45) is 11.8 Å². The molecule has 0 bridgehead atoms. The van der Waals surface area contributed by atoms with Crippen molar-refractivity contribution in [1.82, 2.24) is 5.32 Å². The lowest BCUT2D eigenvalue weighted by Gasteiger charge is -2.57. The molecule has 6 nitrogen and oxygen atoms in total. The van der Waals surface area contributed by atoms with E-state index in [0.29, 0.717) is 19.4 Å². The largest absolute Gasteiger partial charge is 0.466 e. The topological polar surface area (TPSA) is 84.9 Å². The molecule has 3 aliphatic rings. The van der Waals surface area contributed by atoms with E-state index < -0.39 is 23.2 Å². The molecule has 0 spiro atoms. The van der Waals surface area contributed by atoms with E-state index in [-0.39, 0.29) is 24.4 Å². The fraction of sp³-hybridized carbons (Fsp3) is 0.778. The first-order valence-electron chi connectivity index (χ1n) is 8.91. The molecule has 1 amide bonds. The molecule has 2 heterocycles. The lowest BCUT2D eigenvalue weighted by molar-refractivity contribution is -0.255. The molecule has 0 saturated carbocycles. The Kier molecular flexibility index (Phi) is 4.71. The fourth-order valence-corrected chi connectivity index (χ4v) is 4.30. The summed E-state index contributed by atoms with van der Waals surface area (Å²) in [6.45, 7) is 4.14. The molecule has 1 aliphatic carbocycles. The number of rotatable bonds is 6. The predicted octanol–water partition coefficient (Wildman–Crippen LogP) is 1.32. The lowest BCUT2D eigenvalue weighted by Crippen LogP contribution is -2.77. The Hall–Kier alpha value is -1.40. The van der Waals surface area contributed by atoms with E-state index in [4.69, 9.17) is 9.47 Å². The summed E-state index contributed by atoms with van der Waals surface area (Å²) >= 11 is 0. The van der Waals surface area contributed by atoms with Gasteiger partial charge in [0.2, 0.25) is 5.91 Å². The minimum Gasteiger partial charge on any atom is -0.466 e. The first-order chi connectivity index (χ1) is 11.4. The highest BCUT2D eigenvalue weighted by Crippen LogP contribution is 2.52. The zero-order chi connectivity index (χ0) is 17.4. The van der Waals surface area contributed by atoms with Crippen molar-refractivity contribution in [2.75, 3.05) is 13.2 Å². The van der Waals surface area contributed by atoms with Crippen LogP contribution in [0.15, 0.2) is 12.2 Å². The molecule has 0 radical (unpaired) electrons. The first kappa shape index (κ1) is 17.4. The number of allylic oxidation sites excluding steroid dienone is 1. The van der Waals surface area contributed by atoms with Gasteiger partial charge < -0.3 is 19.9 Å². The Balaban J connectivity index is 1.71. The van der Waals surface area contributed by atoms with Gasteiger partial charge in [0.1, 0.15) is 11.1 Å². The van der Waals surface area contributed by atoms with Crippen molar-refractivity contribution in [1.29, 1.82) is 0 Å². The van der Waals surface area contributed by atoms with Crippen molar-refractivity contribution in [3.63, 3.8) is 0 Å². The SMILES string of the molecule is CCC(=O)OCC[C@H]1C(=O)N[C@@]2([C@@H](O)[C@@H]3C=CCCC3)CO[C@@]12C. The Morgan fingerprint density at radius 3 is 2.96 bits per heavy atom. The van der Waals surface area contributed by atoms with Gasteiger partial charge in [0.25, 0.3) is 0 Å². The van der Waals surface area contributed by atoms with Crippen LogP contribution in [0, 0.1) is 11.8 Å². The van der Waals surface area contributed by atoms with Crippen LogP contribution in [0.1, 0.15) is 46.0 Å². The van der Waals surface area contributed by atoms with E-state index in [1.807, 2.05) is 6.92 Å². The number of aliphatic hydroxyl groups excluding tert-OH is 1. The summed E-state index contributed by atoms with van der Waals surface area (Å²) in [4.78, 5) is 23.8. The van der Waals surface area contributed by atoms with E-state index in [1.54, 1.807) is 6.92 Å². The molecule has 2 aliphatic heterocycles. The van der Waals surface area contributed by atoms with Gasteiger partial charge in [0.15, 0.2) is 0 Å². The summed E-state index contributed by atoms with van der Waals surface area (Å²) in [6.07, 6.45) is 7.24. The second-order valence-electron chi connectivity index (χ2n) is 7.24. The summed E-state index contributed by atoms with van der Waals surface area (Å²) in [7, 11) is 0. The minimum atomic E-state index is -0.757. The number of hydrogen-bond donors (Lipinski definition) is 2. The second kappa shape index (κ2) is 6.48. The number of ether oxygens (including phenoxy) is 2. The second-order valence-corrected chi connectivity index (χ2v) is 7.24. The van der Waals surface area contributed by atoms with Crippen molar-refractivity contribution in [3.8, 4) is 0 Å². The van der Waals surface area contributed by atoms with Gasteiger partial charge in [-0.1, -0.05) is 19.1 Å². The highest BCUT2D eigenvalue weighted by Gasteiger charge is 2.72. The molecular weight excluding hydrogens is 310 g/mol. The summed E-state index contributed by atoms with van der Waals surface area (Å²) in [5, 5.41) is 14.0. The van der Waals surface area contributed by atoms with E-state index in [9.17, 15) is 14.7 Å². The van der Waals surface area contributed by atoms with Crippen LogP contribution in [0.5, 0.6) is 0 Å². The van der Waals surface area contributed by atoms with Gasteiger partial charge in [0.05, 0.1) is 25.2 Å². The summed E-state index contributed by atoms with van der Waals surface area (Å²) in [5.41, 5.74) is -1.50. The third-order valence-electron chi connectivity index (χ3n) is 5.97. The van der Waals surface area contributed by atoms with Gasteiger partial charge >= 0.3 is 5.97 Å². The quantitative estimate of drug-likeness (QED) is 0.564. The first-order valence-corrected chi connectivity index (χ1v) is 8.91. The molecule has 2 saturated heterocycles. The molecule has 24 heavy (non-hydrogen) atoms. The fourth-order valence-electron chi connectivity index (χ4n) is 4.30. The Bertz CT molecular complexity index is 548. The molecular formula is C18H27NO5. The number of aliphatic hydroxyl groups is 1. The maximum Gasteiger partial charge on any atom is 0.305 e. The Morgan fingerprint density at radius 2 is 2.38 bits per heavy atom. The minimum absolute atomic E-state index is 0.0407. The number of carbonyl (C=O) groups excluding carboxylic acids is 2. The van der Waals surface area contributed by atoms with Crippen LogP contribution in [0.3, 0.4) is 0 Å². The smallest absolute Gasteiger partial charge is 0.305 e. The molecule has 0 aromatic carbocycles. The third kappa shape index (κ3) is 2.56. The molecule has 0 unspecified atom stereocenters. The van der Waals surface area contributed by atoms with Gasteiger partial charge in [-0.3, -0.25) is 9.59 Å². The molecule has 3 rings (SSSR count). The highest BCUT2D eigenvalue weighted by atomic mass is 16.5. The molecule has 134 valence electrons. The highest BCUT2D eigenvalue weighted by molar-refractivity contribution is 5.85. The van der Waals surface area contributed by atoms with Gasteiger partial charge in [-0.15, -0.1) is 0 Å². The van der Waals surface area contributed by atoms with Crippen molar-refractivity contribution in [2.45, 2.75) is 63.2 Å². The van der Waals surface area contributed by atoms with Crippen LogP contribution >= 0.6 is 0 Å². The number of fused-ring (bicyclic) bond motifs is 1. The monoisotopic (exact) mass is 337 g/mol. The van der Waals surface area contributed by atoms with E-state index in [0.717, 1.165) is 19.3 Å². The maximum absolute atomic E-state index is 12.5. The van der Waals surface area contributed by atoms with Crippen molar-refractivity contribution >= 4 is 11.9 Å². The number of carbonyl (C=O) groups is 2. The average Bonchev–Trinajstić information content (AvgIpc) is 2.74. The number of nitrogens with one attached hydrogen (secondary N) is 1. The predicted molar refractivity (Wildman–Crippen MR) is 87.1 cm³/mol. The zero-order valence-electron chi connectivity index (χ0n) is 14.4. The van der Waals surface area contributed by atoms with Gasteiger partial charge in [-0.2, -0.15) is 0 Å². The third-order valence-corrected chi connectivity index (χ3v) is 5.97. The van der Waals surface area contributed by atoms with Crippen LogP contribution in [-0.2, 0) is 19.1 Å². The van der Waals surface area contributed by atoms with Crippen LogP contribution < -0.4 is 5.32 Å². The number of amides is 1. The van der Waals surface area contributed by atoms with Crippen LogP contribution in [0.25, 0.3) is 0 Å². The molecule has 2 N–H and O–H groups in total. The van der Waals surface area contributed by atoms with E-state index >= 15 is 0 Å². The number of esters is 1. The summed E-state index contributed by atoms with van der Waals surface area (Å²) in [6, 6.07) is 0. The average molecular weight is 337 g/mol. The van der Waals surface area contributed by atoms with Crippen LogP contribution in [-0.4, -0.2) is 47.4 Å². The van der Waals surface area contributed by atoms with E-state index in [1.165, 1.54) is 0 Å². The molecule has 2 fully saturated rings. The standard InChI is InChI=1S/C18H27NO5/c1-3-14(20)23-10-9-13-16(22)19-18(11-24-17(13,18)2)15(21)12-7-5-4-6-8-12/h5,7,12-13,15,21H,3-4,6,8-11H2,1-2H3,(H,19,22)/t12-,13+,15+,17+,18-/m1/s1. The Labute approximate surface area is 142 Å².